The molecular weight excluding hydrogens is 308 g/mol. The Morgan fingerprint density at radius 3 is 2.65 bits per heavy atom. The van der Waals surface area contributed by atoms with Crippen molar-refractivity contribution in [2.24, 2.45) is 5.73 Å². The van der Waals surface area contributed by atoms with Gasteiger partial charge in [-0.05, 0) is 12.8 Å². The van der Waals surface area contributed by atoms with E-state index in [4.69, 9.17) is 16.2 Å². The molecule has 0 aliphatic carbocycles. The van der Waals surface area contributed by atoms with Crippen LogP contribution >= 0.6 is 0 Å². The summed E-state index contributed by atoms with van der Waals surface area (Å²) in [5.41, 5.74) is 5.12. The molecule has 23 heavy (non-hydrogen) atoms. The second-order valence-corrected chi connectivity index (χ2v) is 4.92. The van der Waals surface area contributed by atoms with Gasteiger partial charge in [0.05, 0.1) is 13.0 Å². The second-order valence-electron chi connectivity index (χ2n) is 4.92. The number of carbonyl (C=O) groups excluding carboxylic acids is 3. The summed E-state index contributed by atoms with van der Waals surface area (Å²) in [5, 5.41) is 22.2. The number of nitrogens with two attached hydrogens (primary N) is 1. The fourth-order valence-electron chi connectivity index (χ4n) is 2.07. The standard InChI is InChI=1S/C12H20N6O5/c1-7(19)17(6-4-9(20)21)18-10(22)8(16-12(18)23)3-2-5-15-11(13)14/h8H,2-6H2,1H3,(H,16,23)(H,20,21)(H4,13,14,15)/t8-/m0/s1. The highest BCUT2D eigenvalue weighted by atomic mass is 16.4. The molecule has 1 fully saturated rings. The lowest BCUT2D eigenvalue weighted by Crippen LogP contribution is -2.50. The average molecular weight is 328 g/mol. The van der Waals surface area contributed by atoms with Crippen molar-refractivity contribution in [1.82, 2.24) is 20.7 Å². The molecule has 0 aromatic rings. The van der Waals surface area contributed by atoms with Crippen molar-refractivity contribution in [2.75, 3.05) is 13.1 Å². The number of hydrazine groups is 1. The number of nitrogens with zero attached hydrogens (tertiary/aromatic N) is 2. The van der Waals surface area contributed by atoms with Crippen LogP contribution < -0.4 is 16.4 Å². The monoisotopic (exact) mass is 328 g/mol. The van der Waals surface area contributed by atoms with Crippen molar-refractivity contribution in [3.8, 4) is 0 Å². The fourth-order valence-corrected chi connectivity index (χ4v) is 2.07. The van der Waals surface area contributed by atoms with Crippen molar-refractivity contribution in [3.05, 3.63) is 0 Å². The number of nitrogens with one attached hydrogen (secondary N) is 3. The molecule has 1 rings (SSSR count). The van der Waals surface area contributed by atoms with Crippen LogP contribution in [0.2, 0.25) is 0 Å². The second kappa shape index (κ2) is 7.96. The van der Waals surface area contributed by atoms with E-state index in [1.165, 1.54) is 0 Å². The van der Waals surface area contributed by atoms with Gasteiger partial charge >= 0.3 is 12.0 Å². The first-order valence-electron chi connectivity index (χ1n) is 6.96. The van der Waals surface area contributed by atoms with Gasteiger partial charge in [-0.2, -0.15) is 5.01 Å². The molecule has 128 valence electrons. The van der Waals surface area contributed by atoms with E-state index < -0.39 is 29.9 Å². The smallest absolute Gasteiger partial charge is 0.344 e. The van der Waals surface area contributed by atoms with E-state index in [0.717, 1.165) is 11.9 Å². The van der Waals surface area contributed by atoms with Crippen LogP contribution in [0.15, 0.2) is 0 Å². The zero-order valence-corrected chi connectivity index (χ0v) is 12.7. The first-order chi connectivity index (χ1) is 10.7. The topological polar surface area (TPSA) is 169 Å². The number of guanidine groups is 1. The maximum Gasteiger partial charge on any atom is 0.344 e. The maximum atomic E-state index is 12.2. The van der Waals surface area contributed by atoms with E-state index in [-0.39, 0.29) is 18.9 Å². The van der Waals surface area contributed by atoms with Crippen molar-refractivity contribution >= 4 is 29.8 Å². The third-order valence-corrected chi connectivity index (χ3v) is 3.12. The lowest BCUT2D eigenvalue weighted by molar-refractivity contribution is -0.155. The maximum absolute atomic E-state index is 12.2. The highest BCUT2D eigenvalue weighted by Gasteiger charge is 2.42. The fraction of sp³-hybridized carbons (Fsp3) is 0.583. The van der Waals surface area contributed by atoms with Crippen molar-refractivity contribution in [3.63, 3.8) is 0 Å². The zero-order valence-electron chi connectivity index (χ0n) is 12.7. The summed E-state index contributed by atoms with van der Waals surface area (Å²) in [4.78, 5) is 46.4. The molecule has 1 aliphatic heterocycles. The molecule has 1 heterocycles. The lowest BCUT2D eigenvalue weighted by atomic mass is 10.1. The third-order valence-electron chi connectivity index (χ3n) is 3.12. The first kappa shape index (κ1) is 18.2. The molecule has 0 bridgehead atoms. The van der Waals surface area contributed by atoms with E-state index >= 15 is 0 Å². The molecule has 1 aliphatic rings. The van der Waals surface area contributed by atoms with Crippen LogP contribution in [0.5, 0.6) is 0 Å². The van der Waals surface area contributed by atoms with Crippen molar-refractivity contribution < 1.29 is 24.3 Å². The van der Waals surface area contributed by atoms with Gasteiger partial charge in [0.15, 0.2) is 5.96 Å². The normalized spacial score (nSPS) is 16.9. The summed E-state index contributed by atoms with van der Waals surface area (Å²) in [7, 11) is 0. The van der Waals surface area contributed by atoms with Crippen molar-refractivity contribution in [1.29, 1.82) is 5.41 Å². The molecule has 4 amide bonds. The molecule has 1 atom stereocenters. The summed E-state index contributed by atoms with van der Waals surface area (Å²) < 4.78 is 0. The van der Waals surface area contributed by atoms with Crippen LogP contribution in [-0.4, -0.2) is 64.0 Å². The quantitative estimate of drug-likeness (QED) is 0.155. The zero-order chi connectivity index (χ0) is 17.6. The molecule has 6 N–H and O–H groups in total. The van der Waals surface area contributed by atoms with Gasteiger partial charge in [0.1, 0.15) is 6.04 Å². The largest absolute Gasteiger partial charge is 0.481 e. The average Bonchev–Trinajstić information content (AvgIpc) is 2.70. The predicted molar refractivity (Wildman–Crippen MR) is 78.0 cm³/mol. The molecule has 0 saturated carbocycles. The molecular formula is C12H20N6O5. The Hall–Kier alpha value is -2.85. The SMILES string of the molecule is CC(=O)N(CCC(=O)O)N1C(=O)N[C@@H](CCCNC(=N)N)C1=O. The highest BCUT2D eigenvalue weighted by molar-refractivity contribution is 6.05. The number of imide groups is 1. The molecule has 0 unspecified atom stereocenters. The summed E-state index contributed by atoms with van der Waals surface area (Å²) in [6.45, 7) is 1.24. The number of amides is 4. The van der Waals surface area contributed by atoms with E-state index in [1.54, 1.807) is 0 Å². The third kappa shape index (κ3) is 5.13. The van der Waals surface area contributed by atoms with Gasteiger partial charge in [-0.25, -0.2) is 9.80 Å². The number of urea groups is 1. The van der Waals surface area contributed by atoms with Crippen LogP contribution in [0.25, 0.3) is 0 Å². The molecule has 11 heteroatoms. The molecule has 11 nitrogen and oxygen atoms in total. The summed E-state index contributed by atoms with van der Waals surface area (Å²) >= 11 is 0. The molecule has 0 aromatic carbocycles. The number of aliphatic carboxylic acids is 1. The highest BCUT2D eigenvalue weighted by Crippen LogP contribution is 2.14. The first-order valence-corrected chi connectivity index (χ1v) is 6.96. The van der Waals surface area contributed by atoms with Crippen LogP contribution in [-0.2, 0) is 14.4 Å². The lowest BCUT2D eigenvalue weighted by Gasteiger charge is -2.27. The Kier molecular flexibility index (Phi) is 6.30. The number of hydrogen-bond donors (Lipinski definition) is 5. The Morgan fingerprint density at radius 2 is 2.13 bits per heavy atom. The molecule has 0 aromatic heterocycles. The summed E-state index contributed by atoms with van der Waals surface area (Å²) in [6.07, 6.45) is 0.384. The minimum Gasteiger partial charge on any atom is -0.481 e. The number of carboxylic acid groups (broad SMARTS) is 1. The predicted octanol–water partition coefficient (Wildman–Crippen LogP) is -1.59. The van der Waals surface area contributed by atoms with E-state index in [2.05, 4.69) is 10.6 Å². The number of carboxylic acids is 1. The van der Waals surface area contributed by atoms with E-state index in [9.17, 15) is 19.2 Å². The van der Waals surface area contributed by atoms with Crippen LogP contribution in [0, 0.1) is 5.41 Å². The van der Waals surface area contributed by atoms with Gasteiger partial charge in [0.25, 0.3) is 5.91 Å². The van der Waals surface area contributed by atoms with Crippen LogP contribution in [0.3, 0.4) is 0 Å². The Balaban J connectivity index is 2.66. The number of rotatable bonds is 8. The Morgan fingerprint density at radius 1 is 1.48 bits per heavy atom. The van der Waals surface area contributed by atoms with Crippen LogP contribution in [0.1, 0.15) is 26.2 Å². The van der Waals surface area contributed by atoms with Gasteiger partial charge in [-0.3, -0.25) is 19.8 Å². The Labute approximate surface area is 132 Å². The van der Waals surface area contributed by atoms with Gasteiger partial charge in [-0.1, -0.05) is 0 Å². The van der Waals surface area contributed by atoms with Gasteiger partial charge < -0.3 is 21.5 Å². The van der Waals surface area contributed by atoms with Gasteiger partial charge in [0.2, 0.25) is 5.91 Å². The van der Waals surface area contributed by atoms with Crippen molar-refractivity contribution in [2.45, 2.75) is 32.2 Å². The molecule has 0 spiro atoms. The summed E-state index contributed by atoms with van der Waals surface area (Å²) in [5.74, 6) is -2.55. The number of hydrogen-bond acceptors (Lipinski definition) is 5. The van der Waals surface area contributed by atoms with E-state index in [1.807, 2.05) is 0 Å². The van der Waals surface area contributed by atoms with Gasteiger partial charge in [0, 0.05) is 13.5 Å². The Bertz CT molecular complexity index is 522. The van der Waals surface area contributed by atoms with Gasteiger partial charge in [-0.15, -0.1) is 0 Å². The minimum atomic E-state index is -1.14. The summed E-state index contributed by atoms with van der Waals surface area (Å²) in [6, 6.07) is -1.57. The molecule has 0 radical (unpaired) electrons. The minimum absolute atomic E-state index is 0.190. The van der Waals surface area contributed by atoms with E-state index in [0.29, 0.717) is 24.4 Å². The number of carbonyl (C=O) groups is 4. The molecule has 1 saturated heterocycles. The van der Waals surface area contributed by atoms with Crippen LogP contribution in [0.4, 0.5) is 4.79 Å².